The Morgan fingerprint density at radius 2 is 1.69 bits per heavy atom. The number of benzene rings is 3. The topological polar surface area (TPSA) is 102 Å². The van der Waals surface area contributed by atoms with E-state index in [4.69, 9.17) is 4.74 Å². The second-order valence-electron chi connectivity index (χ2n) is 8.11. The summed E-state index contributed by atoms with van der Waals surface area (Å²) in [6, 6.07) is 22.6. The number of nitro benzene ring substituents is 1. The minimum absolute atomic E-state index is 0.0265. The average Bonchev–Trinajstić information content (AvgIpc) is 2.91. The van der Waals surface area contributed by atoms with E-state index in [0.29, 0.717) is 17.9 Å². The number of hydrogen-bond acceptors (Lipinski definition) is 6. The molecule has 9 heteroatoms. The summed E-state index contributed by atoms with van der Waals surface area (Å²) in [5.74, 6) is 0.931. The maximum atomic E-state index is 13.5. The Labute approximate surface area is 214 Å². The Bertz CT molecular complexity index is 1170. The van der Waals surface area contributed by atoms with Gasteiger partial charge >= 0.3 is 0 Å². The zero-order chi connectivity index (χ0) is 25.9. The summed E-state index contributed by atoms with van der Waals surface area (Å²) < 4.78 is 5.33. The highest BCUT2D eigenvalue weighted by Crippen LogP contribution is 2.21. The molecule has 0 radical (unpaired) electrons. The van der Waals surface area contributed by atoms with Crippen LogP contribution in [0, 0.1) is 10.1 Å². The third kappa shape index (κ3) is 7.58. The first-order valence-corrected chi connectivity index (χ1v) is 12.6. The van der Waals surface area contributed by atoms with Crippen LogP contribution in [0.1, 0.15) is 16.7 Å². The number of carbonyl (C=O) groups is 2. The van der Waals surface area contributed by atoms with Crippen molar-refractivity contribution in [3.8, 4) is 5.75 Å². The lowest BCUT2D eigenvalue weighted by Gasteiger charge is -2.31. The van der Waals surface area contributed by atoms with Crippen molar-refractivity contribution in [1.29, 1.82) is 0 Å². The number of nitrogens with zero attached hydrogens (tertiary/aromatic N) is 2. The molecule has 3 aromatic rings. The zero-order valence-electron chi connectivity index (χ0n) is 20.3. The molecule has 0 aromatic heterocycles. The normalized spacial score (nSPS) is 11.4. The van der Waals surface area contributed by atoms with Gasteiger partial charge in [-0.1, -0.05) is 54.6 Å². The van der Waals surface area contributed by atoms with E-state index in [1.54, 1.807) is 31.2 Å². The smallest absolute Gasteiger partial charge is 0.269 e. The summed E-state index contributed by atoms with van der Waals surface area (Å²) in [6.45, 7) is 0.249. The van der Waals surface area contributed by atoms with Gasteiger partial charge in [-0.3, -0.25) is 19.7 Å². The van der Waals surface area contributed by atoms with Gasteiger partial charge in [-0.05, 0) is 28.8 Å². The number of likely N-dealkylation sites (N-methyl/N-ethyl adjacent to an activating group) is 1. The van der Waals surface area contributed by atoms with E-state index in [1.165, 1.54) is 23.9 Å². The Morgan fingerprint density at radius 3 is 2.33 bits per heavy atom. The Morgan fingerprint density at radius 1 is 1.00 bits per heavy atom. The molecule has 1 unspecified atom stereocenters. The number of non-ortho nitro benzene ring substituents is 1. The minimum atomic E-state index is -0.698. The first-order valence-electron chi connectivity index (χ1n) is 11.4. The van der Waals surface area contributed by atoms with Crippen molar-refractivity contribution in [2.45, 2.75) is 24.8 Å². The number of thioether (sulfide) groups is 1. The van der Waals surface area contributed by atoms with Crippen molar-refractivity contribution < 1.29 is 19.2 Å². The molecular formula is C27H29N3O5S. The van der Waals surface area contributed by atoms with Gasteiger partial charge in [0.1, 0.15) is 11.8 Å². The molecule has 0 saturated heterocycles. The van der Waals surface area contributed by atoms with Crippen LogP contribution in [-0.2, 0) is 28.3 Å². The van der Waals surface area contributed by atoms with E-state index in [0.717, 1.165) is 16.7 Å². The van der Waals surface area contributed by atoms with Crippen molar-refractivity contribution in [3.05, 3.63) is 106 Å². The van der Waals surface area contributed by atoms with Crippen LogP contribution in [-0.4, -0.2) is 47.6 Å². The molecule has 0 heterocycles. The van der Waals surface area contributed by atoms with E-state index >= 15 is 0 Å². The zero-order valence-corrected chi connectivity index (χ0v) is 21.1. The lowest BCUT2D eigenvalue weighted by Crippen LogP contribution is -2.50. The van der Waals surface area contributed by atoms with Crippen LogP contribution in [0.15, 0.2) is 78.9 Å². The van der Waals surface area contributed by atoms with Gasteiger partial charge < -0.3 is 15.0 Å². The van der Waals surface area contributed by atoms with E-state index < -0.39 is 11.0 Å². The number of amides is 2. The second-order valence-corrected chi connectivity index (χ2v) is 9.09. The number of methoxy groups -OCH3 is 1. The van der Waals surface area contributed by atoms with Crippen molar-refractivity contribution in [2.75, 3.05) is 19.9 Å². The maximum Gasteiger partial charge on any atom is 0.269 e. The number of nitro groups is 1. The average molecular weight is 508 g/mol. The molecule has 2 amide bonds. The van der Waals surface area contributed by atoms with Gasteiger partial charge in [0.2, 0.25) is 11.8 Å². The highest BCUT2D eigenvalue weighted by molar-refractivity contribution is 7.99. The van der Waals surface area contributed by atoms with Gasteiger partial charge in [0.05, 0.1) is 17.8 Å². The summed E-state index contributed by atoms with van der Waals surface area (Å²) in [5, 5.41) is 13.6. The Kier molecular flexibility index (Phi) is 9.88. The fourth-order valence-corrected chi connectivity index (χ4v) is 4.61. The number of carbonyl (C=O) groups excluding carboxylic acids is 2. The standard InChI is InChI=1S/C27H29N3O5S/c1-28-27(32)25(16-20-7-4-3-5-8-20)29(17-22-9-6-10-24(15-22)35-2)26(31)19-36-18-21-11-13-23(14-12-21)30(33)34/h3-15,25H,16-19H2,1-2H3,(H,28,32). The highest BCUT2D eigenvalue weighted by Gasteiger charge is 2.29. The third-order valence-corrected chi connectivity index (χ3v) is 6.63. The van der Waals surface area contributed by atoms with Crippen LogP contribution < -0.4 is 10.1 Å². The summed E-state index contributed by atoms with van der Waals surface area (Å²) in [5.41, 5.74) is 2.71. The van der Waals surface area contributed by atoms with Crippen molar-refractivity contribution in [3.63, 3.8) is 0 Å². The van der Waals surface area contributed by atoms with Crippen LogP contribution >= 0.6 is 11.8 Å². The molecule has 0 spiro atoms. The third-order valence-electron chi connectivity index (χ3n) is 5.65. The van der Waals surface area contributed by atoms with Crippen LogP contribution in [0.5, 0.6) is 5.75 Å². The van der Waals surface area contributed by atoms with Gasteiger partial charge in [0.25, 0.3) is 5.69 Å². The maximum absolute atomic E-state index is 13.5. The highest BCUT2D eigenvalue weighted by atomic mass is 32.2. The molecule has 0 aliphatic rings. The molecule has 0 saturated carbocycles. The molecule has 8 nitrogen and oxygen atoms in total. The van der Waals surface area contributed by atoms with Gasteiger partial charge in [0, 0.05) is 37.9 Å². The Balaban J connectivity index is 1.79. The molecule has 1 N–H and O–H groups in total. The van der Waals surface area contributed by atoms with Gasteiger partial charge in [-0.2, -0.15) is 0 Å². The molecule has 3 aromatic carbocycles. The summed E-state index contributed by atoms with van der Waals surface area (Å²) in [7, 11) is 3.15. The van der Waals surface area contributed by atoms with Crippen molar-refractivity contribution >= 4 is 29.3 Å². The van der Waals surface area contributed by atoms with Gasteiger partial charge in [-0.25, -0.2) is 0 Å². The van der Waals surface area contributed by atoms with E-state index in [-0.39, 0.29) is 29.8 Å². The minimum Gasteiger partial charge on any atom is -0.497 e. The molecule has 188 valence electrons. The predicted molar refractivity (Wildman–Crippen MR) is 141 cm³/mol. The molecule has 0 aliphatic heterocycles. The fraction of sp³-hybridized carbons (Fsp3) is 0.259. The van der Waals surface area contributed by atoms with Crippen molar-refractivity contribution in [2.24, 2.45) is 0 Å². The van der Waals surface area contributed by atoms with E-state index in [2.05, 4.69) is 5.32 Å². The monoisotopic (exact) mass is 507 g/mol. The summed E-state index contributed by atoms with van der Waals surface area (Å²) >= 11 is 1.40. The van der Waals surface area contributed by atoms with Gasteiger partial charge in [0.15, 0.2) is 0 Å². The molecule has 0 bridgehead atoms. The molecule has 36 heavy (non-hydrogen) atoms. The molecular weight excluding hydrogens is 478 g/mol. The fourth-order valence-electron chi connectivity index (χ4n) is 3.74. The van der Waals surface area contributed by atoms with Crippen molar-refractivity contribution in [1.82, 2.24) is 10.2 Å². The van der Waals surface area contributed by atoms with E-state index in [9.17, 15) is 19.7 Å². The SMILES string of the molecule is CNC(=O)C(Cc1ccccc1)N(Cc1cccc(OC)c1)C(=O)CSCc1ccc([N+](=O)[O-])cc1. The quantitative estimate of drug-likeness (QED) is 0.291. The Hall–Kier alpha value is -3.85. The number of nitrogens with one attached hydrogen (secondary N) is 1. The number of rotatable bonds is 12. The lowest BCUT2D eigenvalue weighted by molar-refractivity contribution is -0.384. The molecule has 0 aliphatic carbocycles. The van der Waals surface area contributed by atoms with Gasteiger partial charge in [-0.15, -0.1) is 11.8 Å². The van der Waals surface area contributed by atoms with Crippen LogP contribution in [0.2, 0.25) is 0 Å². The molecule has 1 atom stereocenters. The summed E-state index contributed by atoms with van der Waals surface area (Å²) in [6.07, 6.45) is 0.378. The van der Waals surface area contributed by atoms with E-state index in [1.807, 2.05) is 54.6 Å². The largest absolute Gasteiger partial charge is 0.497 e. The number of ether oxygens (including phenoxy) is 1. The van der Waals surface area contributed by atoms with Crippen LogP contribution in [0.4, 0.5) is 5.69 Å². The van der Waals surface area contributed by atoms with Crippen LogP contribution in [0.25, 0.3) is 0 Å². The number of hydrogen-bond donors (Lipinski definition) is 1. The first-order chi connectivity index (χ1) is 17.4. The molecule has 0 fully saturated rings. The second kappa shape index (κ2) is 13.3. The first kappa shape index (κ1) is 26.7. The lowest BCUT2D eigenvalue weighted by atomic mass is 10.0. The molecule has 3 rings (SSSR count). The predicted octanol–water partition coefficient (Wildman–Crippen LogP) is 4.22. The van der Waals surface area contributed by atoms with Crippen LogP contribution in [0.3, 0.4) is 0 Å². The summed E-state index contributed by atoms with van der Waals surface area (Å²) in [4.78, 5) is 38.5.